The quantitative estimate of drug-likeness (QED) is 0.662. The molecule has 2 unspecified atom stereocenters. The zero-order valence-electron chi connectivity index (χ0n) is 12.4. The molecule has 120 valence electrons. The number of aromatic nitrogens is 4. The minimum atomic E-state index is -1.31. The number of aliphatic hydroxyl groups excluding tert-OH is 1. The Morgan fingerprint density at radius 1 is 1.45 bits per heavy atom. The van der Waals surface area contributed by atoms with Crippen molar-refractivity contribution in [2.75, 3.05) is 12.3 Å². The van der Waals surface area contributed by atoms with Crippen LogP contribution < -0.4 is 5.73 Å². The first-order valence-electron chi connectivity index (χ1n) is 6.98. The van der Waals surface area contributed by atoms with Crippen LogP contribution >= 0.6 is 0 Å². The Hall–Kier alpha value is -1.81. The van der Waals surface area contributed by atoms with Gasteiger partial charge in [0.25, 0.3) is 0 Å². The molecule has 0 aliphatic carbocycles. The Labute approximate surface area is 126 Å². The molecule has 1 fully saturated rings. The van der Waals surface area contributed by atoms with E-state index < -0.39 is 24.2 Å². The van der Waals surface area contributed by atoms with Crippen LogP contribution in [0.2, 0.25) is 0 Å². The van der Waals surface area contributed by atoms with Crippen LogP contribution in [-0.4, -0.2) is 54.3 Å². The van der Waals surface area contributed by atoms with Crippen molar-refractivity contribution in [2.45, 2.75) is 44.5 Å². The number of ether oxygens (including phenoxy) is 2. The van der Waals surface area contributed by atoms with Gasteiger partial charge in [-0.05, 0) is 13.8 Å². The molecule has 0 aromatic carbocycles. The molecule has 22 heavy (non-hydrogen) atoms. The molecular weight excluding hydrogens is 290 g/mol. The summed E-state index contributed by atoms with van der Waals surface area (Å²) in [6.45, 7) is 2.87. The molecule has 0 saturated carbocycles. The lowest BCUT2D eigenvalue weighted by Gasteiger charge is -2.25. The summed E-state index contributed by atoms with van der Waals surface area (Å²) in [6, 6.07) is 0. The highest BCUT2D eigenvalue weighted by atomic mass is 16.7. The predicted molar refractivity (Wildman–Crippen MR) is 76.5 cm³/mol. The highest BCUT2D eigenvalue weighted by Crippen LogP contribution is 2.34. The van der Waals surface area contributed by atoms with Crippen LogP contribution in [0.4, 0.5) is 5.82 Å². The number of hydrogen-bond acceptors (Lipinski definition) is 8. The number of rotatable bonds is 4. The van der Waals surface area contributed by atoms with Gasteiger partial charge in [0, 0.05) is 6.42 Å². The van der Waals surface area contributed by atoms with Gasteiger partial charge in [0.05, 0.1) is 19.0 Å². The highest BCUT2D eigenvalue weighted by Gasteiger charge is 2.39. The summed E-state index contributed by atoms with van der Waals surface area (Å²) < 4.78 is 13.1. The van der Waals surface area contributed by atoms with Gasteiger partial charge in [-0.2, -0.15) is 0 Å². The van der Waals surface area contributed by atoms with E-state index in [0.717, 1.165) is 0 Å². The second-order valence-electron chi connectivity index (χ2n) is 5.73. The molecule has 3 rings (SSSR count). The molecule has 9 nitrogen and oxygen atoms in total. The fourth-order valence-corrected chi connectivity index (χ4v) is 2.61. The topological polar surface area (TPSA) is 129 Å². The van der Waals surface area contributed by atoms with Crippen molar-refractivity contribution in [2.24, 2.45) is 0 Å². The minimum Gasteiger partial charge on any atom is -0.394 e. The van der Waals surface area contributed by atoms with Gasteiger partial charge in [-0.25, -0.2) is 15.0 Å². The van der Waals surface area contributed by atoms with E-state index in [2.05, 4.69) is 15.0 Å². The van der Waals surface area contributed by atoms with Crippen molar-refractivity contribution in [3.63, 3.8) is 0 Å². The third-order valence-corrected chi connectivity index (χ3v) is 3.50. The molecule has 9 heteroatoms. The Morgan fingerprint density at radius 3 is 2.91 bits per heavy atom. The van der Waals surface area contributed by atoms with E-state index >= 15 is 0 Å². The van der Waals surface area contributed by atoms with Gasteiger partial charge in [-0.15, -0.1) is 0 Å². The fourth-order valence-electron chi connectivity index (χ4n) is 2.61. The summed E-state index contributed by atoms with van der Waals surface area (Å²) in [5, 5.41) is 19.2. The van der Waals surface area contributed by atoms with E-state index in [1.807, 2.05) is 0 Å². The van der Waals surface area contributed by atoms with Gasteiger partial charge >= 0.3 is 0 Å². The maximum absolute atomic E-state index is 9.80. The molecule has 0 spiro atoms. The van der Waals surface area contributed by atoms with E-state index in [1.54, 1.807) is 10.9 Å². The summed E-state index contributed by atoms with van der Waals surface area (Å²) in [4.78, 5) is 12.3. The van der Waals surface area contributed by atoms with Gasteiger partial charge in [0.2, 0.25) is 0 Å². The molecule has 1 saturated heterocycles. The summed E-state index contributed by atoms with van der Waals surface area (Å²) in [6.07, 6.45) is 1.99. The largest absolute Gasteiger partial charge is 0.394 e. The maximum Gasteiger partial charge on any atom is 0.167 e. The second kappa shape index (κ2) is 5.43. The standard InChI is InChI=1S/C13H19N5O4/c1-13(2,20)22-7-3-9(21-8(7)4-19)18-6-17-10-11(14)15-5-16-12(10)18/h5-9,19-20H,3-4H2,1-2H3,(H2,14,15,16)/t7-,8?,9?/m0/s1. The Morgan fingerprint density at radius 2 is 2.23 bits per heavy atom. The maximum atomic E-state index is 9.80. The predicted octanol–water partition coefficient (Wildman–Crippen LogP) is -0.198. The molecule has 0 radical (unpaired) electrons. The van der Waals surface area contributed by atoms with Crippen molar-refractivity contribution in [1.82, 2.24) is 19.5 Å². The SMILES string of the molecule is CC(C)(O)O[C@H]1CC(n2cnc3c(N)ncnc32)OC1CO. The van der Waals surface area contributed by atoms with E-state index in [4.69, 9.17) is 15.2 Å². The third-order valence-electron chi connectivity index (χ3n) is 3.50. The van der Waals surface area contributed by atoms with Gasteiger partial charge in [-0.3, -0.25) is 4.57 Å². The van der Waals surface area contributed by atoms with E-state index in [9.17, 15) is 10.2 Å². The van der Waals surface area contributed by atoms with E-state index in [1.165, 1.54) is 20.2 Å². The number of anilines is 1. The van der Waals surface area contributed by atoms with Crippen LogP contribution in [-0.2, 0) is 9.47 Å². The summed E-state index contributed by atoms with van der Waals surface area (Å²) in [5.74, 6) is -1.01. The molecule has 0 amide bonds. The molecule has 3 atom stereocenters. The van der Waals surface area contributed by atoms with Crippen molar-refractivity contribution >= 4 is 17.0 Å². The lowest BCUT2D eigenvalue weighted by atomic mass is 10.1. The van der Waals surface area contributed by atoms with Crippen LogP contribution in [0, 0.1) is 0 Å². The zero-order valence-corrected chi connectivity index (χ0v) is 12.4. The fraction of sp³-hybridized carbons (Fsp3) is 0.615. The molecule has 0 bridgehead atoms. The minimum absolute atomic E-state index is 0.207. The number of fused-ring (bicyclic) bond motifs is 1. The smallest absolute Gasteiger partial charge is 0.167 e. The van der Waals surface area contributed by atoms with Crippen molar-refractivity contribution in [3.05, 3.63) is 12.7 Å². The molecule has 2 aromatic heterocycles. The first kappa shape index (κ1) is 15.1. The molecule has 2 aromatic rings. The first-order valence-corrected chi connectivity index (χ1v) is 6.98. The second-order valence-corrected chi connectivity index (χ2v) is 5.73. The van der Waals surface area contributed by atoms with Gasteiger partial charge < -0.3 is 25.4 Å². The van der Waals surface area contributed by atoms with E-state index in [-0.39, 0.29) is 6.61 Å². The van der Waals surface area contributed by atoms with Crippen LogP contribution in [0.25, 0.3) is 11.2 Å². The normalized spacial score (nSPS) is 25.9. The number of nitrogen functional groups attached to an aromatic ring is 1. The zero-order chi connectivity index (χ0) is 15.9. The molecule has 4 N–H and O–H groups in total. The van der Waals surface area contributed by atoms with Crippen LogP contribution in [0.3, 0.4) is 0 Å². The van der Waals surface area contributed by atoms with Crippen LogP contribution in [0.5, 0.6) is 0 Å². The third kappa shape index (κ3) is 2.75. The average molecular weight is 309 g/mol. The summed E-state index contributed by atoms with van der Waals surface area (Å²) in [7, 11) is 0. The molecular formula is C13H19N5O4. The lowest BCUT2D eigenvalue weighted by molar-refractivity contribution is -0.216. The Bertz CT molecular complexity index is 668. The summed E-state index contributed by atoms with van der Waals surface area (Å²) >= 11 is 0. The first-order chi connectivity index (χ1) is 10.4. The lowest BCUT2D eigenvalue weighted by Crippen LogP contribution is -2.36. The number of imidazole rings is 1. The van der Waals surface area contributed by atoms with Crippen molar-refractivity contribution < 1.29 is 19.7 Å². The Balaban J connectivity index is 1.87. The van der Waals surface area contributed by atoms with E-state index in [0.29, 0.717) is 23.4 Å². The van der Waals surface area contributed by atoms with Gasteiger partial charge in [0.1, 0.15) is 24.2 Å². The Kier molecular flexibility index (Phi) is 3.73. The van der Waals surface area contributed by atoms with Crippen LogP contribution in [0.1, 0.15) is 26.5 Å². The summed E-state index contributed by atoms with van der Waals surface area (Å²) in [5.41, 5.74) is 6.82. The molecule has 1 aliphatic rings. The molecule has 3 heterocycles. The number of hydrogen-bond donors (Lipinski definition) is 3. The average Bonchev–Trinajstić information content (AvgIpc) is 3.01. The number of nitrogens with two attached hydrogens (primary N) is 1. The molecule has 1 aliphatic heterocycles. The number of nitrogens with zero attached hydrogens (tertiary/aromatic N) is 4. The van der Waals surface area contributed by atoms with Gasteiger partial charge in [-0.1, -0.05) is 0 Å². The highest BCUT2D eigenvalue weighted by molar-refractivity contribution is 5.81. The monoisotopic (exact) mass is 309 g/mol. The van der Waals surface area contributed by atoms with Crippen LogP contribution in [0.15, 0.2) is 12.7 Å². The van der Waals surface area contributed by atoms with Crippen molar-refractivity contribution in [1.29, 1.82) is 0 Å². The van der Waals surface area contributed by atoms with Crippen molar-refractivity contribution in [3.8, 4) is 0 Å². The number of aliphatic hydroxyl groups is 2. The van der Waals surface area contributed by atoms with Gasteiger partial charge in [0.15, 0.2) is 17.3 Å².